The maximum atomic E-state index is 13.6. The van der Waals surface area contributed by atoms with E-state index >= 15 is 0 Å². The van der Waals surface area contributed by atoms with E-state index in [1.54, 1.807) is 18.1 Å². The van der Waals surface area contributed by atoms with Crippen LogP contribution in [-0.4, -0.2) is 30.0 Å². The number of ether oxygens (including phenoxy) is 2. The molecule has 1 heterocycles. The van der Waals surface area contributed by atoms with Gasteiger partial charge in [-0.1, -0.05) is 73.6 Å². The molecule has 1 aliphatic rings. The number of halogens is 1. The van der Waals surface area contributed by atoms with Crippen LogP contribution in [0.15, 0.2) is 109 Å². The van der Waals surface area contributed by atoms with Gasteiger partial charge in [-0.15, -0.1) is 0 Å². The van der Waals surface area contributed by atoms with Crippen molar-refractivity contribution >= 4 is 28.5 Å². The van der Waals surface area contributed by atoms with Gasteiger partial charge in [-0.25, -0.2) is 4.39 Å². The Hall–Kier alpha value is -4.36. The molecule has 0 unspecified atom stereocenters. The zero-order valence-electron chi connectivity index (χ0n) is 23.5. The summed E-state index contributed by atoms with van der Waals surface area (Å²) < 4.78 is 25.1. The highest BCUT2D eigenvalue weighted by Crippen LogP contribution is 2.48. The van der Waals surface area contributed by atoms with Crippen LogP contribution in [-0.2, 0) is 0 Å². The van der Waals surface area contributed by atoms with Gasteiger partial charge in [-0.3, -0.25) is 14.5 Å². The number of anilines is 1. The number of unbranched alkanes of at least 4 members (excludes halogenated alkanes) is 1. The first-order valence-electron chi connectivity index (χ1n) is 13.9. The van der Waals surface area contributed by atoms with E-state index in [-0.39, 0.29) is 11.0 Å². The fourth-order valence-corrected chi connectivity index (χ4v) is 6.02. The van der Waals surface area contributed by atoms with Gasteiger partial charge in [0, 0.05) is 22.9 Å². The van der Waals surface area contributed by atoms with Crippen LogP contribution in [0.4, 0.5) is 14.9 Å². The van der Waals surface area contributed by atoms with Gasteiger partial charge in [-0.05, 0) is 72.2 Å². The number of methoxy groups -OCH3 is 1. The Labute approximate surface area is 250 Å². The minimum absolute atomic E-state index is 0.133. The number of ketones is 1. The van der Waals surface area contributed by atoms with Gasteiger partial charge >= 0.3 is 0 Å². The number of carbonyl (C=O) groups excluding carboxylic acids is 2. The Morgan fingerprint density at radius 1 is 0.952 bits per heavy atom. The molecule has 0 aromatic heterocycles. The Balaban J connectivity index is 1.53. The molecular formula is C35H32FNO4S. The number of allylic oxidation sites excluding steroid dienone is 1. The van der Waals surface area contributed by atoms with Crippen LogP contribution < -0.4 is 14.4 Å². The molecule has 7 heteroatoms. The highest BCUT2D eigenvalue weighted by Gasteiger charge is 2.43. The maximum absolute atomic E-state index is 13.6. The monoisotopic (exact) mass is 581 g/mol. The first-order chi connectivity index (χ1) is 20.5. The van der Waals surface area contributed by atoms with E-state index in [1.807, 2.05) is 72.8 Å². The highest BCUT2D eigenvalue weighted by molar-refractivity contribution is 8.15. The first-order valence-corrected chi connectivity index (χ1v) is 14.8. The molecular weight excluding hydrogens is 549 g/mol. The average molecular weight is 582 g/mol. The molecule has 4 aromatic carbocycles. The third kappa shape index (κ3) is 6.58. The second kappa shape index (κ2) is 13.5. The molecule has 0 radical (unpaired) electrons. The molecule has 0 spiro atoms. The average Bonchev–Trinajstić information content (AvgIpc) is 3.36. The van der Waals surface area contributed by atoms with Crippen molar-refractivity contribution in [3.05, 3.63) is 126 Å². The standard InChI is InChI=1S/C35H32FNO4S/c1-3-4-22-41-32-23-29(40-2)18-19-30(32)34-33(21-20-31(38)26-10-14-27(36)15-11-26)42-35(39)37(34)28-16-12-25(13-17-28)24-8-6-5-7-9-24/h5-21,23,33-34H,3-4,22H2,1-2H3/b21-20+/t33-,34-/m1/s1. The molecule has 0 saturated carbocycles. The Morgan fingerprint density at radius 3 is 2.36 bits per heavy atom. The van der Waals surface area contributed by atoms with Gasteiger partial charge in [0.05, 0.1) is 25.0 Å². The number of amides is 1. The second-order valence-electron chi connectivity index (χ2n) is 9.91. The van der Waals surface area contributed by atoms with Crippen molar-refractivity contribution in [2.24, 2.45) is 0 Å². The van der Waals surface area contributed by atoms with Crippen molar-refractivity contribution in [1.29, 1.82) is 0 Å². The summed E-state index contributed by atoms with van der Waals surface area (Å²) in [5.41, 5.74) is 4.07. The lowest BCUT2D eigenvalue weighted by molar-refractivity contribution is 0.104. The van der Waals surface area contributed by atoms with E-state index in [9.17, 15) is 14.0 Å². The summed E-state index contributed by atoms with van der Waals surface area (Å²) in [6.07, 6.45) is 5.09. The van der Waals surface area contributed by atoms with Gasteiger partial charge in [0.1, 0.15) is 17.3 Å². The predicted molar refractivity (Wildman–Crippen MR) is 167 cm³/mol. The first kappa shape index (κ1) is 29.1. The van der Waals surface area contributed by atoms with Gasteiger partial charge in [0.2, 0.25) is 0 Å². The lowest BCUT2D eigenvalue weighted by Crippen LogP contribution is -2.29. The van der Waals surface area contributed by atoms with Crippen molar-refractivity contribution < 1.29 is 23.5 Å². The summed E-state index contributed by atoms with van der Waals surface area (Å²) in [6.45, 7) is 2.63. The van der Waals surface area contributed by atoms with Crippen molar-refractivity contribution in [3.8, 4) is 22.6 Å². The number of hydrogen-bond donors (Lipinski definition) is 0. The van der Waals surface area contributed by atoms with Crippen LogP contribution in [0.25, 0.3) is 11.1 Å². The number of thioether (sulfide) groups is 1. The van der Waals surface area contributed by atoms with E-state index in [1.165, 1.54) is 30.3 Å². The van der Waals surface area contributed by atoms with Crippen molar-refractivity contribution in [2.45, 2.75) is 31.1 Å². The molecule has 5 rings (SSSR count). The van der Waals surface area contributed by atoms with Crippen LogP contribution in [0.1, 0.15) is 41.7 Å². The SMILES string of the molecule is CCCCOc1cc(OC)ccc1[C@@H]1[C@@H](/C=C/C(=O)c2ccc(F)cc2)SC(=O)N1c1ccc(-c2ccccc2)cc1. The molecule has 2 atom stereocenters. The third-order valence-corrected chi connectivity index (χ3v) is 8.22. The van der Waals surface area contributed by atoms with Crippen LogP contribution in [0.2, 0.25) is 0 Å². The van der Waals surface area contributed by atoms with E-state index < -0.39 is 17.1 Å². The topological polar surface area (TPSA) is 55.8 Å². The van der Waals surface area contributed by atoms with Crippen molar-refractivity contribution in [3.63, 3.8) is 0 Å². The summed E-state index contributed by atoms with van der Waals surface area (Å²) in [4.78, 5) is 28.3. The molecule has 1 saturated heterocycles. The van der Waals surface area contributed by atoms with E-state index in [4.69, 9.17) is 9.47 Å². The van der Waals surface area contributed by atoms with Crippen molar-refractivity contribution in [1.82, 2.24) is 0 Å². The number of hydrogen-bond acceptors (Lipinski definition) is 5. The zero-order chi connectivity index (χ0) is 29.5. The number of carbonyl (C=O) groups is 2. The number of nitrogens with zero attached hydrogens (tertiary/aromatic N) is 1. The summed E-state index contributed by atoms with van der Waals surface area (Å²) >= 11 is 1.16. The summed E-state index contributed by atoms with van der Waals surface area (Å²) in [5.74, 6) is 0.620. The molecule has 4 aromatic rings. The van der Waals surface area contributed by atoms with Crippen LogP contribution >= 0.6 is 11.8 Å². The van der Waals surface area contributed by atoms with Crippen LogP contribution in [0.3, 0.4) is 0 Å². The lowest BCUT2D eigenvalue weighted by atomic mass is 9.98. The van der Waals surface area contributed by atoms with Gasteiger partial charge in [-0.2, -0.15) is 0 Å². The number of benzene rings is 4. The summed E-state index contributed by atoms with van der Waals surface area (Å²) in [5, 5.41) is -0.524. The minimum Gasteiger partial charge on any atom is -0.497 e. The van der Waals surface area contributed by atoms with Gasteiger partial charge < -0.3 is 9.47 Å². The maximum Gasteiger partial charge on any atom is 0.287 e. The molecule has 0 N–H and O–H groups in total. The number of rotatable bonds is 11. The molecule has 5 nitrogen and oxygen atoms in total. The Morgan fingerprint density at radius 2 is 1.67 bits per heavy atom. The molecule has 1 fully saturated rings. The smallest absolute Gasteiger partial charge is 0.287 e. The minimum atomic E-state index is -0.454. The third-order valence-electron chi connectivity index (χ3n) is 7.14. The fourth-order valence-electron chi connectivity index (χ4n) is 4.90. The zero-order valence-corrected chi connectivity index (χ0v) is 24.4. The summed E-state index contributed by atoms with van der Waals surface area (Å²) in [6, 6.07) is 28.6. The Kier molecular flexibility index (Phi) is 9.39. The van der Waals surface area contributed by atoms with E-state index in [0.29, 0.717) is 23.7 Å². The van der Waals surface area contributed by atoms with Gasteiger partial charge in [0.15, 0.2) is 5.78 Å². The molecule has 0 aliphatic carbocycles. The lowest BCUT2D eigenvalue weighted by Gasteiger charge is -2.28. The molecule has 214 valence electrons. The predicted octanol–water partition coefficient (Wildman–Crippen LogP) is 8.90. The molecule has 1 aliphatic heterocycles. The molecule has 0 bridgehead atoms. The van der Waals surface area contributed by atoms with E-state index in [0.717, 1.165) is 47.0 Å². The quantitative estimate of drug-likeness (QED) is 0.101. The normalized spacial score (nSPS) is 16.6. The Bertz CT molecular complexity index is 1550. The van der Waals surface area contributed by atoms with Crippen LogP contribution in [0, 0.1) is 5.82 Å². The second-order valence-corrected chi connectivity index (χ2v) is 11.0. The largest absolute Gasteiger partial charge is 0.497 e. The summed E-state index contributed by atoms with van der Waals surface area (Å²) in [7, 11) is 1.60. The fraction of sp³-hybridized carbons (Fsp3) is 0.200. The van der Waals surface area contributed by atoms with Crippen LogP contribution in [0.5, 0.6) is 11.5 Å². The molecule has 42 heavy (non-hydrogen) atoms. The van der Waals surface area contributed by atoms with Gasteiger partial charge in [0.25, 0.3) is 5.24 Å². The molecule has 1 amide bonds. The highest BCUT2D eigenvalue weighted by atomic mass is 32.2. The van der Waals surface area contributed by atoms with E-state index in [2.05, 4.69) is 6.92 Å². The van der Waals surface area contributed by atoms with Crippen molar-refractivity contribution in [2.75, 3.05) is 18.6 Å².